The van der Waals surface area contributed by atoms with Gasteiger partial charge < -0.3 is 9.47 Å². The zero-order chi connectivity index (χ0) is 17.5. The van der Waals surface area contributed by atoms with Gasteiger partial charge in [0.15, 0.2) is 0 Å². The molecule has 0 atom stereocenters. The van der Waals surface area contributed by atoms with Gasteiger partial charge in [-0.15, -0.1) is 11.3 Å². The van der Waals surface area contributed by atoms with Crippen molar-refractivity contribution in [2.45, 2.75) is 13.5 Å². The van der Waals surface area contributed by atoms with Gasteiger partial charge in [-0.25, -0.2) is 4.98 Å². The summed E-state index contributed by atoms with van der Waals surface area (Å²) < 4.78 is 11.0. The van der Waals surface area contributed by atoms with Gasteiger partial charge in [-0.05, 0) is 54.4 Å². The summed E-state index contributed by atoms with van der Waals surface area (Å²) in [5.41, 5.74) is 5.95. The van der Waals surface area contributed by atoms with E-state index in [9.17, 15) is 0 Å². The minimum atomic E-state index is 0.496. The summed E-state index contributed by atoms with van der Waals surface area (Å²) in [6.45, 7) is 2.45. The normalized spacial score (nSPS) is 10.8. The smallest absolute Gasteiger partial charge is 0.203 e. The molecule has 6 heteroatoms. The highest BCUT2D eigenvalue weighted by Crippen LogP contribution is 2.17. The van der Waals surface area contributed by atoms with Crippen LogP contribution in [0.5, 0.6) is 11.5 Å². The van der Waals surface area contributed by atoms with Crippen LogP contribution in [0.1, 0.15) is 16.8 Å². The molecule has 3 rings (SSSR count). The molecule has 0 amide bonds. The summed E-state index contributed by atoms with van der Waals surface area (Å²) in [6.07, 6.45) is 1.75. The summed E-state index contributed by atoms with van der Waals surface area (Å²) in [5, 5.41) is 6.95. The third-order valence-electron chi connectivity index (χ3n) is 3.41. The van der Waals surface area contributed by atoms with Crippen LogP contribution in [0.25, 0.3) is 0 Å². The molecule has 0 aliphatic rings. The Morgan fingerprint density at radius 2 is 2.00 bits per heavy atom. The summed E-state index contributed by atoms with van der Waals surface area (Å²) in [6, 6.07) is 15.6. The molecular weight excluding hydrogens is 334 g/mol. The van der Waals surface area contributed by atoms with Crippen molar-refractivity contribution in [1.82, 2.24) is 4.98 Å². The Morgan fingerprint density at radius 3 is 2.72 bits per heavy atom. The molecular formula is C19H19N3O2S. The van der Waals surface area contributed by atoms with Crippen molar-refractivity contribution in [2.75, 3.05) is 12.5 Å². The highest BCUT2D eigenvalue weighted by Gasteiger charge is 1.99. The first-order valence-corrected chi connectivity index (χ1v) is 8.68. The fourth-order valence-corrected chi connectivity index (χ4v) is 2.78. The molecule has 0 aliphatic carbocycles. The number of hydrogen-bond donors (Lipinski definition) is 1. The quantitative estimate of drug-likeness (QED) is 0.502. The van der Waals surface area contributed by atoms with Crippen molar-refractivity contribution in [1.29, 1.82) is 0 Å². The number of aromatic nitrogens is 1. The van der Waals surface area contributed by atoms with Gasteiger partial charge in [-0.3, -0.25) is 5.43 Å². The second-order valence-corrected chi connectivity index (χ2v) is 6.23. The van der Waals surface area contributed by atoms with Crippen LogP contribution in [0.3, 0.4) is 0 Å². The number of ether oxygens (including phenoxy) is 2. The third kappa shape index (κ3) is 5.06. The van der Waals surface area contributed by atoms with E-state index in [-0.39, 0.29) is 0 Å². The Kier molecular flexibility index (Phi) is 5.64. The maximum atomic E-state index is 5.80. The van der Waals surface area contributed by atoms with Gasteiger partial charge >= 0.3 is 0 Å². The lowest BCUT2D eigenvalue weighted by molar-refractivity contribution is 0.305. The zero-order valence-electron chi connectivity index (χ0n) is 14.1. The van der Waals surface area contributed by atoms with E-state index in [4.69, 9.17) is 9.47 Å². The predicted molar refractivity (Wildman–Crippen MR) is 102 cm³/mol. The van der Waals surface area contributed by atoms with Gasteiger partial charge in [-0.2, -0.15) is 5.10 Å². The minimum Gasteiger partial charge on any atom is -0.497 e. The van der Waals surface area contributed by atoms with Crippen LogP contribution in [0.4, 0.5) is 5.13 Å². The Labute approximate surface area is 151 Å². The number of hydrogen-bond acceptors (Lipinski definition) is 6. The lowest BCUT2D eigenvalue weighted by Gasteiger charge is -2.07. The molecule has 0 radical (unpaired) electrons. The van der Waals surface area contributed by atoms with Crippen molar-refractivity contribution < 1.29 is 9.47 Å². The minimum absolute atomic E-state index is 0.496. The van der Waals surface area contributed by atoms with E-state index in [1.54, 1.807) is 13.3 Å². The fourth-order valence-electron chi connectivity index (χ4n) is 2.15. The Hall–Kier alpha value is -2.86. The van der Waals surface area contributed by atoms with E-state index < -0.39 is 0 Å². The number of aryl methyl sites for hydroxylation is 1. The molecule has 0 spiro atoms. The predicted octanol–water partition coefficient (Wildman–Crippen LogP) is 4.49. The van der Waals surface area contributed by atoms with Crippen LogP contribution >= 0.6 is 11.3 Å². The Balaban J connectivity index is 1.53. The highest BCUT2D eigenvalue weighted by atomic mass is 32.1. The van der Waals surface area contributed by atoms with Crippen LogP contribution in [-0.4, -0.2) is 18.3 Å². The van der Waals surface area contributed by atoms with E-state index in [0.29, 0.717) is 6.61 Å². The largest absolute Gasteiger partial charge is 0.497 e. The van der Waals surface area contributed by atoms with Crippen molar-refractivity contribution in [3.63, 3.8) is 0 Å². The average Bonchev–Trinajstić information content (AvgIpc) is 3.06. The van der Waals surface area contributed by atoms with Crippen molar-refractivity contribution in [2.24, 2.45) is 5.10 Å². The van der Waals surface area contributed by atoms with Crippen LogP contribution < -0.4 is 14.9 Å². The van der Waals surface area contributed by atoms with Gasteiger partial charge in [0, 0.05) is 5.38 Å². The molecule has 5 nitrogen and oxygen atoms in total. The first kappa shape index (κ1) is 17.0. The number of benzene rings is 2. The maximum absolute atomic E-state index is 5.80. The van der Waals surface area contributed by atoms with Crippen LogP contribution in [0.15, 0.2) is 59.0 Å². The molecule has 0 aliphatic heterocycles. The second kappa shape index (κ2) is 8.30. The average molecular weight is 353 g/mol. The number of rotatable bonds is 7. The number of thiazole rings is 1. The van der Waals surface area contributed by atoms with E-state index in [0.717, 1.165) is 33.5 Å². The monoisotopic (exact) mass is 353 g/mol. The molecule has 0 saturated heterocycles. The van der Waals surface area contributed by atoms with Gasteiger partial charge in [0.1, 0.15) is 18.1 Å². The first-order valence-electron chi connectivity index (χ1n) is 7.80. The standard InChI is InChI=1S/C19H19N3O2S/c1-14-13-25-19(21-14)22-20-11-15-6-8-17(9-7-15)24-12-16-4-3-5-18(10-16)23-2/h3-11,13H,12H2,1-2H3,(H,21,22). The Morgan fingerprint density at radius 1 is 1.16 bits per heavy atom. The molecule has 128 valence electrons. The molecule has 3 aromatic rings. The molecule has 0 fully saturated rings. The molecule has 1 N–H and O–H groups in total. The van der Waals surface area contributed by atoms with E-state index >= 15 is 0 Å². The maximum Gasteiger partial charge on any atom is 0.203 e. The van der Waals surface area contributed by atoms with Crippen molar-refractivity contribution in [3.05, 3.63) is 70.7 Å². The number of nitrogens with one attached hydrogen (secondary N) is 1. The summed E-state index contributed by atoms with van der Waals surface area (Å²) >= 11 is 1.53. The van der Waals surface area contributed by atoms with E-state index in [2.05, 4.69) is 15.5 Å². The molecule has 25 heavy (non-hydrogen) atoms. The van der Waals surface area contributed by atoms with Crippen LogP contribution in [0.2, 0.25) is 0 Å². The fraction of sp³-hybridized carbons (Fsp3) is 0.158. The molecule has 1 aromatic heterocycles. The molecule has 0 saturated carbocycles. The van der Waals surface area contributed by atoms with Gasteiger partial charge in [0.2, 0.25) is 5.13 Å². The third-order valence-corrected chi connectivity index (χ3v) is 4.28. The molecule has 1 heterocycles. The lowest BCUT2D eigenvalue weighted by Crippen LogP contribution is -1.96. The van der Waals surface area contributed by atoms with Gasteiger partial charge in [0.05, 0.1) is 19.0 Å². The highest BCUT2D eigenvalue weighted by molar-refractivity contribution is 7.13. The number of nitrogens with zero attached hydrogens (tertiary/aromatic N) is 2. The summed E-state index contributed by atoms with van der Waals surface area (Å²) in [7, 11) is 1.66. The molecule has 0 unspecified atom stereocenters. The SMILES string of the molecule is COc1cccc(COc2ccc(C=NNc3nc(C)cs3)cc2)c1. The van der Waals surface area contributed by atoms with Crippen molar-refractivity contribution >= 4 is 22.7 Å². The van der Waals surface area contributed by atoms with Crippen LogP contribution in [-0.2, 0) is 6.61 Å². The molecule has 0 bridgehead atoms. The van der Waals surface area contributed by atoms with E-state index in [1.807, 2.05) is 60.8 Å². The summed E-state index contributed by atoms with van der Waals surface area (Å²) in [4.78, 5) is 4.29. The molecule has 2 aromatic carbocycles. The zero-order valence-corrected chi connectivity index (χ0v) is 14.9. The van der Waals surface area contributed by atoms with E-state index in [1.165, 1.54) is 11.3 Å². The number of hydrazone groups is 1. The van der Waals surface area contributed by atoms with Gasteiger partial charge in [0.25, 0.3) is 0 Å². The number of anilines is 1. The summed E-state index contributed by atoms with van der Waals surface area (Å²) in [5.74, 6) is 1.64. The lowest BCUT2D eigenvalue weighted by atomic mass is 10.2. The Bertz CT molecular complexity index is 844. The van der Waals surface area contributed by atoms with Crippen LogP contribution in [0, 0.1) is 6.92 Å². The second-order valence-electron chi connectivity index (χ2n) is 5.37. The first-order chi connectivity index (χ1) is 12.2. The van der Waals surface area contributed by atoms with Gasteiger partial charge in [-0.1, -0.05) is 12.1 Å². The topological polar surface area (TPSA) is 55.7 Å². The van der Waals surface area contributed by atoms with Crippen molar-refractivity contribution in [3.8, 4) is 11.5 Å². The number of methoxy groups -OCH3 is 1.